The van der Waals surface area contributed by atoms with Crippen molar-refractivity contribution in [3.63, 3.8) is 0 Å². The van der Waals surface area contributed by atoms with Crippen LogP contribution in [0.4, 0.5) is 8.78 Å². The fourth-order valence-electron chi connectivity index (χ4n) is 1.66. The lowest BCUT2D eigenvalue weighted by atomic mass is 10.1. The SMILES string of the molecule is O=C(O)CCn1c(-c2cccc(F)c2F)csc1=O. The van der Waals surface area contributed by atoms with Crippen LogP contribution >= 0.6 is 11.3 Å². The first-order valence-corrected chi connectivity index (χ1v) is 6.23. The summed E-state index contributed by atoms with van der Waals surface area (Å²) in [5.41, 5.74) is 0.136. The van der Waals surface area contributed by atoms with Gasteiger partial charge < -0.3 is 5.11 Å². The first kappa shape index (κ1) is 13.4. The highest BCUT2D eigenvalue weighted by Crippen LogP contribution is 2.25. The Hall–Kier alpha value is -2.02. The van der Waals surface area contributed by atoms with Crippen LogP contribution in [0.25, 0.3) is 11.3 Å². The maximum Gasteiger partial charge on any atom is 0.307 e. The molecule has 19 heavy (non-hydrogen) atoms. The number of hydrogen-bond acceptors (Lipinski definition) is 3. The minimum Gasteiger partial charge on any atom is -0.481 e. The molecule has 100 valence electrons. The van der Waals surface area contributed by atoms with Gasteiger partial charge in [-0.05, 0) is 12.1 Å². The van der Waals surface area contributed by atoms with Gasteiger partial charge in [0.1, 0.15) is 0 Å². The van der Waals surface area contributed by atoms with Gasteiger partial charge in [-0.15, -0.1) is 0 Å². The number of rotatable bonds is 4. The van der Waals surface area contributed by atoms with Crippen molar-refractivity contribution in [3.05, 3.63) is 44.9 Å². The van der Waals surface area contributed by atoms with Crippen LogP contribution < -0.4 is 4.87 Å². The van der Waals surface area contributed by atoms with E-state index in [-0.39, 0.29) is 24.2 Å². The van der Waals surface area contributed by atoms with Crippen molar-refractivity contribution < 1.29 is 18.7 Å². The smallest absolute Gasteiger partial charge is 0.307 e. The molecule has 0 saturated heterocycles. The molecule has 0 unspecified atom stereocenters. The lowest BCUT2D eigenvalue weighted by Gasteiger charge is -2.07. The van der Waals surface area contributed by atoms with Crippen LogP contribution in [0.15, 0.2) is 28.4 Å². The van der Waals surface area contributed by atoms with Crippen molar-refractivity contribution in [1.82, 2.24) is 4.57 Å². The molecule has 2 rings (SSSR count). The number of carboxylic acids is 1. The van der Waals surface area contributed by atoms with Crippen molar-refractivity contribution in [2.24, 2.45) is 0 Å². The summed E-state index contributed by atoms with van der Waals surface area (Å²) in [7, 11) is 0. The predicted octanol–water partition coefficient (Wildman–Crippen LogP) is 2.33. The molecule has 0 aliphatic rings. The van der Waals surface area contributed by atoms with Gasteiger partial charge in [0.15, 0.2) is 11.6 Å². The van der Waals surface area contributed by atoms with E-state index in [1.807, 2.05) is 0 Å². The van der Waals surface area contributed by atoms with Gasteiger partial charge in [0, 0.05) is 17.5 Å². The summed E-state index contributed by atoms with van der Waals surface area (Å²) < 4.78 is 28.0. The van der Waals surface area contributed by atoms with E-state index in [2.05, 4.69) is 0 Å². The average Bonchev–Trinajstić information content (AvgIpc) is 2.71. The third kappa shape index (κ3) is 2.70. The van der Waals surface area contributed by atoms with E-state index in [1.54, 1.807) is 0 Å². The summed E-state index contributed by atoms with van der Waals surface area (Å²) in [5.74, 6) is -3.13. The summed E-state index contributed by atoms with van der Waals surface area (Å²) >= 11 is 0.817. The van der Waals surface area contributed by atoms with E-state index in [0.717, 1.165) is 22.0 Å². The van der Waals surface area contributed by atoms with Gasteiger partial charge in [-0.3, -0.25) is 14.2 Å². The number of nitrogens with zero attached hydrogens (tertiary/aromatic N) is 1. The molecule has 1 aromatic heterocycles. The standard InChI is InChI=1S/C12H9F2NO3S/c13-8-3-1-2-7(11(8)14)9-6-19-12(18)15(9)5-4-10(16)17/h1-3,6H,4-5H2,(H,16,17). The molecule has 0 fully saturated rings. The summed E-state index contributed by atoms with van der Waals surface area (Å²) in [6.45, 7) is -0.0804. The van der Waals surface area contributed by atoms with Crippen molar-refractivity contribution in [2.75, 3.05) is 0 Å². The van der Waals surface area contributed by atoms with Crippen molar-refractivity contribution in [1.29, 1.82) is 0 Å². The van der Waals surface area contributed by atoms with Gasteiger partial charge in [-0.2, -0.15) is 0 Å². The Morgan fingerprint density at radius 3 is 2.79 bits per heavy atom. The topological polar surface area (TPSA) is 59.3 Å². The molecular formula is C12H9F2NO3S. The molecule has 0 saturated carbocycles. The predicted molar refractivity (Wildman–Crippen MR) is 66.2 cm³/mol. The highest BCUT2D eigenvalue weighted by molar-refractivity contribution is 7.07. The molecule has 1 heterocycles. The number of carboxylic acid groups (broad SMARTS) is 1. The molecule has 1 aromatic carbocycles. The third-order valence-electron chi connectivity index (χ3n) is 2.56. The maximum atomic E-state index is 13.7. The van der Waals surface area contributed by atoms with Gasteiger partial charge in [0.05, 0.1) is 12.1 Å². The van der Waals surface area contributed by atoms with Crippen LogP contribution in [-0.4, -0.2) is 15.6 Å². The highest BCUT2D eigenvalue weighted by atomic mass is 32.1. The highest BCUT2D eigenvalue weighted by Gasteiger charge is 2.16. The number of thiazole rings is 1. The lowest BCUT2D eigenvalue weighted by Crippen LogP contribution is -2.16. The maximum absolute atomic E-state index is 13.7. The molecule has 0 aliphatic carbocycles. The fourth-order valence-corrected chi connectivity index (χ4v) is 2.45. The summed E-state index contributed by atoms with van der Waals surface area (Å²) in [4.78, 5) is 21.7. The number of halogens is 2. The molecule has 0 spiro atoms. The quantitative estimate of drug-likeness (QED) is 0.938. The van der Waals surface area contributed by atoms with Gasteiger partial charge >= 0.3 is 10.8 Å². The Morgan fingerprint density at radius 1 is 1.37 bits per heavy atom. The van der Waals surface area contributed by atoms with E-state index in [9.17, 15) is 18.4 Å². The summed E-state index contributed by atoms with van der Waals surface area (Å²) in [5, 5.41) is 10.0. The van der Waals surface area contributed by atoms with E-state index in [4.69, 9.17) is 5.11 Å². The zero-order valence-corrected chi connectivity index (χ0v) is 10.4. The van der Waals surface area contributed by atoms with Crippen LogP contribution in [-0.2, 0) is 11.3 Å². The minimum absolute atomic E-state index is 0.0521. The Balaban J connectivity index is 2.48. The van der Waals surface area contributed by atoms with Crippen molar-refractivity contribution >= 4 is 17.3 Å². The number of carbonyl (C=O) groups is 1. The lowest BCUT2D eigenvalue weighted by molar-refractivity contribution is -0.137. The summed E-state index contributed by atoms with van der Waals surface area (Å²) in [6, 6.07) is 3.65. The van der Waals surface area contributed by atoms with Crippen molar-refractivity contribution in [3.8, 4) is 11.3 Å². The number of aliphatic carboxylic acids is 1. The molecule has 2 aromatic rings. The number of aromatic nitrogens is 1. The van der Waals surface area contributed by atoms with Crippen molar-refractivity contribution in [2.45, 2.75) is 13.0 Å². The van der Waals surface area contributed by atoms with E-state index < -0.39 is 22.5 Å². The minimum atomic E-state index is -1.07. The molecule has 7 heteroatoms. The zero-order chi connectivity index (χ0) is 14.0. The van der Waals surface area contributed by atoms with E-state index >= 15 is 0 Å². The Bertz CT molecular complexity index is 678. The average molecular weight is 285 g/mol. The monoisotopic (exact) mass is 285 g/mol. The number of benzene rings is 1. The Kier molecular flexibility index (Phi) is 3.75. The largest absolute Gasteiger partial charge is 0.481 e. The summed E-state index contributed by atoms with van der Waals surface area (Å²) in [6.07, 6.45) is -0.263. The van der Waals surface area contributed by atoms with Gasteiger partial charge in [-0.25, -0.2) is 8.78 Å². The molecule has 0 atom stereocenters. The molecule has 0 amide bonds. The van der Waals surface area contributed by atoms with E-state index in [1.165, 1.54) is 17.5 Å². The first-order valence-electron chi connectivity index (χ1n) is 5.35. The van der Waals surface area contributed by atoms with Crippen LogP contribution in [0, 0.1) is 11.6 Å². The van der Waals surface area contributed by atoms with Crippen LogP contribution in [0.5, 0.6) is 0 Å². The number of hydrogen-bond donors (Lipinski definition) is 1. The van der Waals surface area contributed by atoms with Gasteiger partial charge in [0.2, 0.25) is 0 Å². The second-order valence-corrected chi connectivity index (χ2v) is 4.60. The first-order chi connectivity index (χ1) is 9.00. The van der Waals surface area contributed by atoms with Crippen LogP contribution in [0.1, 0.15) is 6.42 Å². The normalized spacial score (nSPS) is 10.6. The zero-order valence-electron chi connectivity index (χ0n) is 9.60. The molecule has 4 nitrogen and oxygen atoms in total. The molecular weight excluding hydrogens is 276 g/mol. The third-order valence-corrected chi connectivity index (χ3v) is 3.32. The Labute approximate surface area is 110 Å². The molecule has 0 bridgehead atoms. The van der Waals surface area contributed by atoms with Crippen LogP contribution in [0.2, 0.25) is 0 Å². The molecule has 0 radical (unpaired) electrons. The van der Waals surface area contributed by atoms with Gasteiger partial charge in [0.25, 0.3) is 0 Å². The fraction of sp³-hybridized carbons (Fsp3) is 0.167. The molecule has 1 N–H and O–H groups in total. The van der Waals surface area contributed by atoms with Crippen LogP contribution in [0.3, 0.4) is 0 Å². The molecule has 0 aliphatic heterocycles. The second-order valence-electron chi connectivity index (χ2n) is 3.78. The Morgan fingerprint density at radius 2 is 2.11 bits per heavy atom. The second kappa shape index (κ2) is 5.31. The van der Waals surface area contributed by atoms with E-state index in [0.29, 0.717) is 0 Å². The van der Waals surface area contributed by atoms with Gasteiger partial charge in [-0.1, -0.05) is 17.4 Å².